The van der Waals surface area contributed by atoms with Gasteiger partial charge in [0.15, 0.2) is 0 Å². The third-order valence-electron chi connectivity index (χ3n) is 3.48. The Bertz CT molecular complexity index is 265. The fourth-order valence-electron chi connectivity index (χ4n) is 1.96. The minimum Gasteiger partial charge on any atom is -0.409 e. The first-order valence-electron chi connectivity index (χ1n) is 5.90. The van der Waals surface area contributed by atoms with E-state index in [1.165, 1.54) is 0 Å². The SMILES string of the molecule is CSC(CO)C(C)NCC1(CC(N)=NO)CC1. The summed E-state index contributed by atoms with van der Waals surface area (Å²) in [6.07, 6.45) is 4.88. The van der Waals surface area contributed by atoms with Gasteiger partial charge in [0, 0.05) is 24.3 Å². The Kier molecular flexibility index (Phi) is 5.55. The van der Waals surface area contributed by atoms with Crippen LogP contribution in [0, 0.1) is 5.41 Å². The number of thioether (sulfide) groups is 1. The maximum atomic E-state index is 9.19. The van der Waals surface area contributed by atoms with Gasteiger partial charge in [-0.25, -0.2) is 0 Å². The molecule has 0 spiro atoms. The summed E-state index contributed by atoms with van der Waals surface area (Å²) in [6, 6.07) is 0.264. The second kappa shape index (κ2) is 6.47. The molecule has 2 atom stereocenters. The molecule has 0 aliphatic heterocycles. The molecule has 0 heterocycles. The lowest BCUT2D eigenvalue weighted by Gasteiger charge is -2.24. The minimum atomic E-state index is 0.170. The van der Waals surface area contributed by atoms with Gasteiger partial charge >= 0.3 is 0 Å². The average Bonchev–Trinajstić information content (AvgIpc) is 3.08. The number of hydrogen-bond donors (Lipinski definition) is 4. The van der Waals surface area contributed by atoms with Crippen molar-refractivity contribution in [2.45, 2.75) is 37.5 Å². The van der Waals surface area contributed by atoms with Crippen LogP contribution in [0.2, 0.25) is 0 Å². The Morgan fingerprint density at radius 1 is 1.59 bits per heavy atom. The van der Waals surface area contributed by atoms with Crippen molar-refractivity contribution in [3.8, 4) is 0 Å². The first-order chi connectivity index (χ1) is 8.06. The predicted molar refractivity (Wildman–Crippen MR) is 71.5 cm³/mol. The fraction of sp³-hybridized carbons (Fsp3) is 0.909. The van der Waals surface area contributed by atoms with Crippen molar-refractivity contribution < 1.29 is 10.3 Å². The van der Waals surface area contributed by atoms with Crippen LogP contribution >= 0.6 is 11.8 Å². The number of aliphatic hydroxyl groups is 1. The number of nitrogens with two attached hydrogens (primary N) is 1. The third kappa shape index (κ3) is 4.37. The van der Waals surface area contributed by atoms with Crippen molar-refractivity contribution in [2.24, 2.45) is 16.3 Å². The number of rotatable bonds is 8. The van der Waals surface area contributed by atoms with Gasteiger partial charge in [-0.1, -0.05) is 5.16 Å². The van der Waals surface area contributed by atoms with E-state index in [-0.39, 0.29) is 23.3 Å². The summed E-state index contributed by atoms with van der Waals surface area (Å²) in [7, 11) is 0. The Labute approximate surface area is 107 Å². The highest BCUT2D eigenvalue weighted by Crippen LogP contribution is 2.48. The molecule has 100 valence electrons. The molecule has 0 saturated heterocycles. The van der Waals surface area contributed by atoms with E-state index in [1.807, 2.05) is 6.26 Å². The molecule has 1 rings (SSSR count). The zero-order valence-corrected chi connectivity index (χ0v) is 11.3. The molecular formula is C11H23N3O2S. The van der Waals surface area contributed by atoms with Gasteiger partial charge in [0.05, 0.1) is 6.61 Å². The van der Waals surface area contributed by atoms with Crippen LogP contribution in [0.1, 0.15) is 26.2 Å². The molecule has 5 N–H and O–H groups in total. The third-order valence-corrected chi connectivity index (χ3v) is 4.64. The topological polar surface area (TPSA) is 90.9 Å². The molecule has 1 aliphatic rings. The van der Waals surface area contributed by atoms with E-state index in [9.17, 15) is 5.11 Å². The maximum absolute atomic E-state index is 9.19. The number of oxime groups is 1. The van der Waals surface area contributed by atoms with Crippen LogP contribution in [0.4, 0.5) is 0 Å². The summed E-state index contributed by atoms with van der Waals surface area (Å²) in [5.74, 6) is 0.306. The highest BCUT2D eigenvalue weighted by molar-refractivity contribution is 7.99. The van der Waals surface area contributed by atoms with Gasteiger partial charge in [-0.05, 0) is 31.4 Å². The van der Waals surface area contributed by atoms with Crippen LogP contribution in [0.3, 0.4) is 0 Å². The molecule has 1 saturated carbocycles. The second-order valence-corrected chi connectivity index (χ2v) is 5.97. The van der Waals surface area contributed by atoms with Crippen molar-refractivity contribution in [3.05, 3.63) is 0 Å². The summed E-state index contributed by atoms with van der Waals surface area (Å²) in [5.41, 5.74) is 5.72. The van der Waals surface area contributed by atoms with Crippen LogP contribution in [0.5, 0.6) is 0 Å². The van der Waals surface area contributed by atoms with E-state index in [0.29, 0.717) is 12.3 Å². The lowest BCUT2D eigenvalue weighted by atomic mass is 10.0. The van der Waals surface area contributed by atoms with E-state index in [4.69, 9.17) is 10.9 Å². The normalized spacial score (nSPS) is 22.2. The van der Waals surface area contributed by atoms with Crippen LogP contribution in [-0.4, -0.2) is 46.8 Å². The molecule has 1 fully saturated rings. The van der Waals surface area contributed by atoms with Crippen LogP contribution in [-0.2, 0) is 0 Å². The Hall–Kier alpha value is -0.460. The lowest BCUT2D eigenvalue weighted by molar-refractivity contribution is 0.271. The summed E-state index contributed by atoms with van der Waals surface area (Å²) in [5, 5.41) is 24.5. The van der Waals surface area contributed by atoms with E-state index in [1.54, 1.807) is 11.8 Å². The van der Waals surface area contributed by atoms with E-state index < -0.39 is 0 Å². The van der Waals surface area contributed by atoms with Gasteiger partial charge in [-0.2, -0.15) is 11.8 Å². The number of nitrogens with zero attached hydrogens (tertiary/aromatic N) is 1. The largest absolute Gasteiger partial charge is 0.409 e. The quantitative estimate of drug-likeness (QED) is 0.222. The molecule has 0 aromatic heterocycles. The molecule has 0 amide bonds. The molecule has 0 bridgehead atoms. The summed E-state index contributed by atoms with van der Waals surface area (Å²) in [6.45, 7) is 3.13. The minimum absolute atomic E-state index is 0.170. The monoisotopic (exact) mass is 261 g/mol. The molecule has 0 aromatic carbocycles. The van der Waals surface area contributed by atoms with Gasteiger partial charge in [0.1, 0.15) is 5.84 Å². The predicted octanol–water partition coefficient (Wildman–Crippen LogP) is 0.605. The lowest BCUT2D eigenvalue weighted by Crippen LogP contribution is -2.41. The molecule has 2 unspecified atom stereocenters. The fourth-order valence-corrected chi connectivity index (χ4v) is 2.61. The molecular weight excluding hydrogens is 238 g/mol. The van der Waals surface area contributed by atoms with Crippen molar-refractivity contribution in [1.29, 1.82) is 0 Å². The van der Waals surface area contributed by atoms with Gasteiger partial charge in [-0.3, -0.25) is 0 Å². The first kappa shape index (κ1) is 14.6. The molecule has 6 heteroatoms. The van der Waals surface area contributed by atoms with Crippen molar-refractivity contribution in [1.82, 2.24) is 5.32 Å². The summed E-state index contributed by atoms with van der Waals surface area (Å²) in [4.78, 5) is 0. The van der Waals surface area contributed by atoms with Gasteiger partial charge in [-0.15, -0.1) is 0 Å². The maximum Gasteiger partial charge on any atom is 0.139 e. The zero-order chi connectivity index (χ0) is 12.9. The molecule has 5 nitrogen and oxygen atoms in total. The highest BCUT2D eigenvalue weighted by atomic mass is 32.2. The van der Waals surface area contributed by atoms with E-state index in [2.05, 4.69) is 17.4 Å². The molecule has 1 aliphatic carbocycles. The Morgan fingerprint density at radius 3 is 2.65 bits per heavy atom. The van der Waals surface area contributed by atoms with E-state index >= 15 is 0 Å². The van der Waals surface area contributed by atoms with Crippen LogP contribution in [0.25, 0.3) is 0 Å². The number of amidine groups is 1. The Morgan fingerprint density at radius 2 is 2.24 bits per heavy atom. The van der Waals surface area contributed by atoms with Crippen molar-refractivity contribution >= 4 is 17.6 Å². The van der Waals surface area contributed by atoms with Crippen molar-refractivity contribution in [2.75, 3.05) is 19.4 Å². The van der Waals surface area contributed by atoms with E-state index in [0.717, 1.165) is 19.4 Å². The second-order valence-electron chi connectivity index (χ2n) is 4.89. The molecule has 17 heavy (non-hydrogen) atoms. The van der Waals surface area contributed by atoms with Gasteiger partial charge < -0.3 is 21.4 Å². The van der Waals surface area contributed by atoms with Crippen LogP contribution in [0.15, 0.2) is 5.16 Å². The Balaban J connectivity index is 2.35. The van der Waals surface area contributed by atoms with Crippen molar-refractivity contribution in [3.63, 3.8) is 0 Å². The average molecular weight is 261 g/mol. The summed E-state index contributed by atoms with van der Waals surface area (Å²) < 4.78 is 0. The molecule has 0 radical (unpaired) electrons. The number of aliphatic hydroxyl groups excluding tert-OH is 1. The standard InChI is InChI=1S/C11H23N3O2S/c1-8(9(6-15)17-2)13-7-11(3-4-11)5-10(12)14-16/h8-9,13,15-16H,3-7H2,1-2H3,(H2,12,14). The zero-order valence-electron chi connectivity index (χ0n) is 10.5. The van der Waals surface area contributed by atoms with Gasteiger partial charge in [0.2, 0.25) is 0 Å². The molecule has 0 aromatic rings. The number of hydrogen-bond acceptors (Lipinski definition) is 5. The number of nitrogens with one attached hydrogen (secondary N) is 1. The highest BCUT2D eigenvalue weighted by Gasteiger charge is 2.43. The van der Waals surface area contributed by atoms with Gasteiger partial charge in [0.25, 0.3) is 0 Å². The first-order valence-corrected chi connectivity index (χ1v) is 7.19. The summed E-state index contributed by atoms with van der Waals surface area (Å²) >= 11 is 1.67. The smallest absolute Gasteiger partial charge is 0.139 e. The van der Waals surface area contributed by atoms with Crippen LogP contribution < -0.4 is 11.1 Å².